The number of fused-ring (bicyclic) bond motifs is 1. The topological polar surface area (TPSA) is 95.9 Å². The van der Waals surface area contributed by atoms with Crippen molar-refractivity contribution in [3.8, 4) is 5.75 Å². The lowest BCUT2D eigenvalue weighted by molar-refractivity contribution is -0.154. The van der Waals surface area contributed by atoms with Gasteiger partial charge in [-0.3, -0.25) is 14.4 Å². The summed E-state index contributed by atoms with van der Waals surface area (Å²) in [4.78, 5) is 39.7. The van der Waals surface area contributed by atoms with Crippen molar-refractivity contribution in [2.45, 2.75) is 51.9 Å². The van der Waals surface area contributed by atoms with Gasteiger partial charge < -0.3 is 20.1 Å². The molecule has 2 aliphatic rings. The van der Waals surface area contributed by atoms with E-state index in [0.29, 0.717) is 24.3 Å². The maximum absolute atomic E-state index is 14.8. The van der Waals surface area contributed by atoms with Crippen molar-refractivity contribution in [3.05, 3.63) is 53.1 Å². The second kappa shape index (κ2) is 10.2. The van der Waals surface area contributed by atoms with E-state index in [1.807, 2.05) is 32.6 Å². The average Bonchev–Trinajstić information content (AvgIpc) is 2.75. The van der Waals surface area contributed by atoms with Crippen LogP contribution in [0.15, 0.2) is 30.3 Å². The summed E-state index contributed by atoms with van der Waals surface area (Å²) in [5.74, 6) is -3.62. The van der Waals surface area contributed by atoms with E-state index in [2.05, 4.69) is 5.32 Å². The van der Waals surface area contributed by atoms with Gasteiger partial charge in [-0.05, 0) is 61.6 Å². The molecule has 198 valence electrons. The molecule has 0 spiro atoms. The molecule has 0 saturated heterocycles. The normalized spacial score (nSPS) is 21.0. The number of carboxylic acid groups (broad SMARTS) is 1. The van der Waals surface area contributed by atoms with Crippen molar-refractivity contribution in [1.82, 2.24) is 4.90 Å². The number of nitrogens with one attached hydrogen (secondary N) is 1. The number of rotatable bonds is 7. The van der Waals surface area contributed by atoms with Crippen LogP contribution in [0.4, 0.5) is 14.5 Å². The quantitative estimate of drug-likeness (QED) is 0.526. The third-order valence-corrected chi connectivity index (χ3v) is 9.06. The van der Waals surface area contributed by atoms with Crippen LogP contribution >= 0.6 is 0 Å². The zero-order valence-corrected chi connectivity index (χ0v) is 22.4. The number of amides is 2. The number of halogens is 2. The highest BCUT2D eigenvalue weighted by atomic mass is 28.3. The van der Waals surface area contributed by atoms with Crippen LogP contribution in [0.5, 0.6) is 5.75 Å². The third-order valence-electron chi connectivity index (χ3n) is 7.08. The minimum Gasteiger partial charge on any atom is -0.494 e. The first-order valence-corrected chi connectivity index (χ1v) is 16.0. The molecule has 2 amide bonds. The fourth-order valence-electron chi connectivity index (χ4n) is 5.21. The Kier molecular flexibility index (Phi) is 7.41. The van der Waals surface area contributed by atoms with Crippen molar-refractivity contribution >= 4 is 36.7 Å². The fraction of sp³-hybridized carbons (Fsp3) is 0.444. The number of anilines is 1. The number of hydrogen-bond acceptors (Lipinski definition) is 4. The Morgan fingerprint density at radius 3 is 2.30 bits per heavy atom. The first-order valence-electron chi connectivity index (χ1n) is 12.5. The number of carbonyl (C=O) groups excluding carboxylic acids is 2. The highest BCUT2D eigenvalue weighted by Gasteiger charge is 2.45. The van der Waals surface area contributed by atoms with Gasteiger partial charge in [0.15, 0.2) is 0 Å². The van der Waals surface area contributed by atoms with E-state index < -0.39 is 49.5 Å². The molecule has 10 heteroatoms. The van der Waals surface area contributed by atoms with Gasteiger partial charge >= 0.3 is 5.97 Å². The summed E-state index contributed by atoms with van der Waals surface area (Å²) in [5.41, 5.74) is 1.43. The molecule has 7 nitrogen and oxygen atoms in total. The predicted octanol–water partition coefficient (Wildman–Crippen LogP) is 4.08. The molecule has 4 rings (SSSR count). The van der Waals surface area contributed by atoms with Crippen LogP contribution < -0.4 is 15.2 Å². The minimum absolute atomic E-state index is 0.0259. The van der Waals surface area contributed by atoms with Gasteiger partial charge in [0, 0.05) is 23.3 Å². The summed E-state index contributed by atoms with van der Waals surface area (Å²) in [6.07, 6.45) is 0.947. The average molecular weight is 531 g/mol. The Bertz CT molecular complexity index is 1220. The monoisotopic (exact) mass is 530 g/mol. The predicted molar refractivity (Wildman–Crippen MR) is 138 cm³/mol. The molecule has 0 radical (unpaired) electrons. The van der Waals surface area contributed by atoms with Gasteiger partial charge in [0.25, 0.3) is 5.91 Å². The standard InChI is InChI=1S/C27H32F2N2O5Si/c1-5-36-19-6-7-20-15(12-19)8-9-31(26(33)16-10-17(11-16)27(34)35)23(20)25(32)30-18-13-21(28)24(22(29)14-18)37(2,3)4/h6-7,12-14,16-17,23H,5,8-11H2,1-4H3,(H,30,32)(H,34,35). The zero-order chi connectivity index (χ0) is 27.1. The van der Waals surface area contributed by atoms with Gasteiger partial charge in [-0.25, -0.2) is 8.78 Å². The van der Waals surface area contributed by atoms with Crippen molar-refractivity contribution in [1.29, 1.82) is 0 Å². The number of carboxylic acids is 1. The lowest BCUT2D eigenvalue weighted by atomic mass is 9.73. The Hall–Kier alpha value is -3.27. The van der Waals surface area contributed by atoms with E-state index in [9.17, 15) is 28.3 Å². The van der Waals surface area contributed by atoms with E-state index in [0.717, 1.165) is 17.7 Å². The summed E-state index contributed by atoms with van der Waals surface area (Å²) in [7, 11) is -2.30. The molecule has 37 heavy (non-hydrogen) atoms. The molecule has 1 aliphatic heterocycles. The maximum Gasteiger partial charge on any atom is 0.306 e. The SMILES string of the molecule is CCOc1ccc2c(c1)CCN(C(=O)C1CC(C(=O)O)C1)C2C(=O)Nc1cc(F)c([Si](C)(C)C)c(F)c1. The molecule has 2 N–H and O–H groups in total. The molecule has 1 atom stereocenters. The van der Waals surface area contributed by atoms with E-state index in [-0.39, 0.29) is 36.2 Å². The van der Waals surface area contributed by atoms with Crippen molar-refractivity contribution in [3.63, 3.8) is 0 Å². The van der Waals surface area contributed by atoms with Gasteiger partial charge in [-0.1, -0.05) is 25.7 Å². The number of ether oxygens (including phenoxy) is 1. The number of carbonyl (C=O) groups is 3. The molecule has 1 aliphatic carbocycles. The van der Waals surface area contributed by atoms with Gasteiger partial charge in [-0.2, -0.15) is 0 Å². The van der Waals surface area contributed by atoms with Crippen LogP contribution in [0.3, 0.4) is 0 Å². The maximum atomic E-state index is 14.8. The Balaban J connectivity index is 1.65. The Morgan fingerprint density at radius 2 is 1.73 bits per heavy atom. The van der Waals surface area contributed by atoms with Crippen LogP contribution in [0, 0.1) is 23.5 Å². The van der Waals surface area contributed by atoms with Crippen LogP contribution in [0.2, 0.25) is 19.6 Å². The molecule has 0 bridgehead atoms. The Labute approximate surface area is 215 Å². The Morgan fingerprint density at radius 1 is 1.08 bits per heavy atom. The number of aliphatic carboxylic acids is 1. The van der Waals surface area contributed by atoms with Crippen molar-refractivity contribution < 1.29 is 33.0 Å². The lowest BCUT2D eigenvalue weighted by Crippen LogP contribution is -2.50. The summed E-state index contributed by atoms with van der Waals surface area (Å²) in [6.45, 7) is 8.10. The number of benzene rings is 2. The van der Waals surface area contributed by atoms with Gasteiger partial charge in [0.2, 0.25) is 5.91 Å². The highest BCUT2D eigenvalue weighted by Crippen LogP contribution is 2.40. The molecule has 1 fully saturated rings. The number of nitrogens with zero attached hydrogens (tertiary/aromatic N) is 1. The molecular formula is C27H32F2N2O5Si. The molecule has 2 aromatic rings. The lowest BCUT2D eigenvalue weighted by Gasteiger charge is -2.41. The number of hydrogen-bond donors (Lipinski definition) is 2. The molecule has 2 aromatic carbocycles. The molecule has 1 saturated carbocycles. The van der Waals surface area contributed by atoms with Crippen molar-refractivity contribution in [2.75, 3.05) is 18.5 Å². The second-order valence-electron chi connectivity index (χ2n) is 10.7. The summed E-state index contributed by atoms with van der Waals surface area (Å²) in [6, 6.07) is 6.51. The highest BCUT2D eigenvalue weighted by molar-refractivity contribution is 6.88. The van der Waals surface area contributed by atoms with Gasteiger partial charge in [-0.15, -0.1) is 0 Å². The van der Waals surface area contributed by atoms with E-state index in [1.165, 1.54) is 4.90 Å². The summed E-state index contributed by atoms with van der Waals surface area (Å²) >= 11 is 0. The van der Waals surface area contributed by atoms with Gasteiger partial charge in [0.1, 0.15) is 23.4 Å². The fourth-order valence-corrected chi connectivity index (χ4v) is 6.79. The first-order chi connectivity index (χ1) is 17.4. The van der Waals surface area contributed by atoms with Crippen LogP contribution in [0.25, 0.3) is 0 Å². The molecule has 0 aromatic heterocycles. The largest absolute Gasteiger partial charge is 0.494 e. The second-order valence-corrected chi connectivity index (χ2v) is 15.7. The van der Waals surface area contributed by atoms with E-state index in [4.69, 9.17) is 4.74 Å². The van der Waals surface area contributed by atoms with E-state index >= 15 is 0 Å². The molecular weight excluding hydrogens is 498 g/mol. The smallest absolute Gasteiger partial charge is 0.306 e. The minimum atomic E-state index is -2.30. The molecule has 1 unspecified atom stereocenters. The van der Waals surface area contributed by atoms with Gasteiger partial charge in [0.05, 0.1) is 20.6 Å². The van der Waals surface area contributed by atoms with Crippen molar-refractivity contribution in [2.24, 2.45) is 11.8 Å². The summed E-state index contributed by atoms with van der Waals surface area (Å²) < 4.78 is 35.3. The van der Waals surface area contributed by atoms with Crippen LogP contribution in [0.1, 0.15) is 36.9 Å². The van der Waals surface area contributed by atoms with Crippen LogP contribution in [-0.4, -0.2) is 49.0 Å². The molecule has 1 heterocycles. The van der Waals surface area contributed by atoms with E-state index in [1.54, 1.807) is 12.1 Å². The zero-order valence-electron chi connectivity index (χ0n) is 21.4. The third kappa shape index (κ3) is 5.39. The first kappa shape index (κ1) is 26.8. The summed E-state index contributed by atoms with van der Waals surface area (Å²) in [5, 5.41) is 11.9. The van der Waals surface area contributed by atoms with Crippen LogP contribution in [-0.2, 0) is 20.8 Å².